The molecular weight excluding hydrogens is 249 g/mol. The molecule has 0 fully saturated rings. The number of nitrogens with zero attached hydrogens (tertiary/aromatic N) is 1. The van der Waals surface area contributed by atoms with Gasteiger partial charge in [-0.3, -0.25) is 4.79 Å². The topological polar surface area (TPSA) is 41.6 Å². The molecule has 1 unspecified atom stereocenters. The Labute approximate surface area is 105 Å². The van der Waals surface area contributed by atoms with Crippen molar-refractivity contribution in [2.45, 2.75) is 31.5 Å². The van der Waals surface area contributed by atoms with Gasteiger partial charge in [0.15, 0.2) is 0 Å². The zero-order valence-electron chi connectivity index (χ0n) is 11.2. The van der Waals surface area contributed by atoms with Gasteiger partial charge in [-0.25, -0.2) is 0 Å². The van der Waals surface area contributed by atoms with Crippen molar-refractivity contribution >= 4 is 5.97 Å². The zero-order chi connectivity index (χ0) is 14.4. The van der Waals surface area contributed by atoms with Crippen molar-refractivity contribution in [2.75, 3.05) is 34.3 Å². The summed E-state index contributed by atoms with van der Waals surface area (Å²) in [6, 6.07) is 0. The average molecular weight is 270 g/mol. The monoisotopic (exact) mass is 270 g/mol. The molecule has 1 N–H and O–H groups in total. The number of rotatable bonds is 7. The third kappa shape index (κ3) is 6.20. The van der Waals surface area contributed by atoms with E-state index in [1.54, 1.807) is 25.9 Å². The zero-order valence-corrected chi connectivity index (χ0v) is 11.2. The molecule has 0 aliphatic rings. The van der Waals surface area contributed by atoms with Gasteiger partial charge in [0.2, 0.25) is 0 Å². The highest BCUT2D eigenvalue weighted by Gasteiger charge is 2.33. The van der Waals surface area contributed by atoms with Crippen LogP contribution < -0.4 is 5.32 Å². The van der Waals surface area contributed by atoms with Crippen LogP contribution in [0.2, 0.25) is 0 Å². The van der Waals surface area contributed by atoms with Crippen molar-refractivity contribution < 1.29 is 22.7 Å². The Balaban J connectivity index is 4.17. The van der Waals surface area contributed by atoms with Crippen LogP contribution in [0.4, 0.5) is 13.2 Å². The van der Waals surface area contributed by atoms with E-state index in [0.717, 1.165) is 0 Å². The van der Waals surface area contributed by atoms with Crippen LogP contribution >= 0.6 is 0 Å². The Morgan fingerprint density at radius 1 is 1.28 bits per heavy atom. The van der Waals surface area contributed by atoms with E-state index in [1.165, 1.54) is 7.11 Å². The molecular formula is C11H21F3N2O2. The van der Waals surface area contributed by atoms with E-state index < -0.39 is 24.1 Å². The van der Waals surface area contributed by atoms with Crippen LogP contribution in [0, 0.1) is 0 Å². The molecule has 0 spiro atoms. The minimum absolute atomic E-state index is 0.0789. The molecule has 7 heteroatoms. The van der Waals surface area contributed by atoms with Crippen LogP contribution in [0.15, 0.2) is 0 Å². The van der Waals surface area contributed by atoms with E-state index >= 15 is 0 Å². The van der Waals surface area contributed by atoms with Gasteiger partial charge in [0.25, 0.3) is 0 Å². The normalized spacial score (nSPS) is 15.6. The lowest BCUT2D eigenvalue weighted by molar-refractivity contribution is -0.148. The van der Waals surface area contributed by atoms with Crippen molar-refractivity contribution in [3.8, 4) is 0 Å². The number of carbonyl (C=O) groups excluding carboxylic acids is 1. The number of halogens is 3. The second-order valence-electron chi connectivity index (χ2n) is 4.49. The van der Waals surface area contributed by atoms with Gasteiger partial charge in [0, 0.05) is 13.1 Å². The number of methoxy groups -OCH3 is 1. The number of esters is 1. The summed E-state index contributed by atoms with van der Waals surface area (Å²) in [5.74, 6) is -0.422. The summed E-state index contributed by atoms with van der Waals surface area (Å²) in [6.45, 7) is 1.96. The molecule has 0 saturated carbocycles. The van der Waals surface area contributed by atoms with E-state index in [9.17, 15) is 18.0 Å². The number of carbonyl (C=O) groups is 1. The molecule has 0 bridgehead atoms. The molecule has 0 aromatic carbocycles. The lowest BCUT2D eigenvalue weighted by atomic mass is 9.98. The first-order chi connectivity index (χ1) is 8.14. The number of nitrogens with one attached hydrogen (secondary N) is 1. The van der Waals surface area contributed by atoms with Crippen LogP contribution in [-0.2, 0) is 9.53 Å². The molecule has 18 heavy (non-hydrogen) atoms. The van der Waals surface area contributed by atoms with Crippen molar-refractivity contribution in [3.63, 3.8) is 0 Å². The van der Waals surface area contributed by atoms with Crippen molar-refractivity contribution in [1.82, 2.24) is 10.2 Å². The van der Waals surface area contributed by atoms with Gasteiger partial charge in [-0.2, -0.15) is 13.2 Å². The molecule has 0 amide bonds. The summed E-state index contributed by atoms with van der Waals surface area (Å²) < 4.78 is 40.7. The fourth-order valence-corrected chi connectivity index (χ4v) is 1.40. The number of hydrogen-bond acceptors (Lipinski definition) is 4. The first-order valence-corrected chi connectivity index (χ1v) is 5.67. The van der Waals surface area contributed by atoms with E-state index in [0.29, 0.717) is 13.0 Å². The van der Waals surface area contributed by atoms with Gasteiger partial charge in [-0.05, 0) is 27.4 Å². The summed E-state index contributed by atoms with van der Waals surface area (Å²) in [7, 11) is 4.50. The molecule has 0 heterocycles. The Morgan fingerprint density at radius 3 is 2.17 bits per heavy atom. The molecule has 0 aromatic rings. The summed E-state index contributed by atoms with van der Waals surface area (Å²) in [5, 5.41) is 2.83. The van der Waals surface area contributed by atoms with Crippen LogP contribution in [-0.4, -0.2) is 56.9 Å². The average Bonchev–Trinajstić information content (AvgIpc) is 2.31. The molecule has 4 nitrogen and oxygen atoms in total. The largest absolute Gasteiger partial charge is 0.468 e. The maximum absolute atomic E-state index is 12.0. The fourth-order valence-electron chi connectivity index (χ4n) is 1.40. The standard InChI is InChI=1S/C11H21F3N2O2/c1-10(15-2,9(17)18-4)5-7-16(3)8-6-11(12,13)14/h15H,5-8H2,1-4H3. The van der Waals surface area contributed by atoms with E-state index in [4.69, 9.17) is 0 Å². The minimum atomic E-state index is -4.15. The van der Waals surface area contributed by atoms with Gasteiger partial charge < -0.3 is 15.0 Å². The predicted molar refractivity (Wildman–Crippen MR) is 62.3 cm³/mol. The Hall–Kier alpha value is -0.820. The van der Waals surface area contributed by atoms with Gasteiger partial charge in [0.05, 0.1) is 13.5 Å². The second-order valence-corrected chi connectivity index (χ2v) is 4.49. The number of alkyl halides is 3. The van der Waals surface area contributed by atoms with Crippen LogP contribution in [0.3, 0.4) is 0 Å². The predicted octanol–water partition coefficient (Wildman–Crippen LogP) is 1.41. The molecule has 0 aliphatic heterocycles. The Morgan fingerprint density at radius 2 is 1.78 bits per heavy atom. The first kappa shape index (κ1) is 17.2. The SMILES string of the molecule is CNC(C)(CCN(C)CCC(F)(F)F)C(=O)OC. The van der Waals surface area contributed by atoms with Crippen molar-refractivity contribution in [2.24, 2.45) is 0 Å². The summed E-state index contributed by atoms with van der Waals surface area (Å²) in [4.78, 5) is 13.1. The van der Waals surface area contributed by atoms with Crippen molar-refractivity contribution in [3.05, 3.63) is 0 Å². The molecule has 0 radical (unpaired) electrons. The quantitative estimate of drug-likeness (QED) is 0.710. The molecule has 0 aliphatic carbocycles. The smallest absolute Gasteiger partial charge is 0.390 e. The van der Waals surface area contributed by atoms with Gasteiger partial charge in [-0.15, -0.1) is 0 Å². The van der Waals surface area contributed by atoms with E-state index in [-0.39, 0.29) is 6.54 Å². The first-order valence-electron chi connectivity index (χ1n) is 5.67. The maximum atomic E-state index is 12.0. The van der Waals surface area contributed by atoms with Gasteiger partial charge >= 0.3 is 12.1 Å². The number of ether oxygens (including phenoxy) is 1. The third-order valence-corrected chi connectivity index (χ3v) is 2.96. The number of hydrogen-bond donors (Lipinski definition) is 1. The lowest BCUT2D eigenvalue weighted by Gasteiger charge is -2.28. The molecule has 0 rings (SSSR count). The molecule has 0 aromatic heterocycles. The minimum Gasteiger partial charge on any atom is -0.468 e. The Kier molecular flexibility index (Phi) is 6.62. The lowest BCUT2D eigenvalue weighted by Crippen LogP contribution is -2.50. The molecule has 1 atom stereocenters. The highest BCUT2D eigenvalue weighted by molar-refractivity contribution is 5.80. The fraction of sp³-hybridized carbons (Fsp3) is 0.909. The van der Waals surface area contributed by atoms with E-state index in [2.05, 4.69) is 10.1 Å². The van der Waals surface area contributed by atoms with Crippen LogP contribution in [0.1, 0.15) is 19.8 Å². The molecule has 108 valence electrons. The highest BCUT2D eigenvalue weighted by atomic mass is 19.4. The highest BCUT2D eigenvalue weighted by Crippen LogP contribution is 2.20. The second kappa shape index (κ2) is 6.94. The van der Waals surface area contributed by atoms with Crippen LogP contribution in [0.25, 0.3) is 0 Å². The van der Waals surface area contributed by atoms with Gasteiger partial charge in [0.1, 0.15) is 5.54 Å². The third-order valence-electron chi connectivity index (χ3n) is 2.96. The van der Waals surface area contributed by atoms with Crippen LogP contribution in [0.5, 0.6) is 0 Å². The molecule has 0 saturated heterocycles. The maximum Gasteiger partial charge on any atom is 0.390 e. The Bertz CT molecular complexity index is 272. The van der Waals surface area contributed by atoms with Gasteiger partial charge in [-0.1, -0.05) is 0 Å². The summed E-state index contributed by atoms with van der Waals surface area (Å²) >= 11 is 0. The summed E-state index contributed by atoms with van der Waals surface area (Å²) in [5.41, 5.74) is -0.874. The van der Waals surface area contributed by atoms with E-state index in [1.807, 2.05) is 0 Å². The van der Waals surface area contributed by atoms with Crippen molar-refractivity contribution in [1.29, 1.82) is 0 Å². The summed E-state index contributed by atoms with van der Waals surface area (Å²) in [6.07, 6.45) is -4.62. The number of likely N-dealkylation sites (N-methyl/N-ethyl adjacent to an activating group) is 1.